The number of halogens is 2. The number of pyridine rings is 1. The molecule has 0 atom stereocenters. The minimum atomic E-state index is -0.439. The largest absolute Gasteiger partial charge is 0.373 e. The van der Waals surface area contributed by atoms with Gasteiger partial charge in [-0.2, -0.15) is 4.37 Å². The zero-order chi connectivity index (χ0) is 23.1. The van der Waals surface area contributed by atoms with Crippen LogP contribution in [-0.4, -0.2) is 53.4 Å². The second kappa shape index (κ2) is 8.61. The third kappa shape index (κ3) is 3.69. The van der Waals surface area contributed by atoms with Crippen LogP contribution in [0, 0.1) is 5.82 Å². The van der Waals surface area contributed by atoms with Crippen LogP contribution in [0.1, 0.15) is 0 Å². The summed E-state index contributed by atoms with van der Waals surface area (Å²) >= 11 is 7.93. The number of carbonyl (C=O) groups is 1. The number of anilines is 2. The number of fused-ring (bicyclic) bond motifs is 2. The van der Waals surface area contributed by atoms with E-state index in [0.29, 0.717) is 53.2 Å². The smallest absolute Gasteiger partial charge is 0.246 e. The number of nitrogens with zero attached hydrogens (tertiary/aromatic N) is 4. The Hall–Kier alpha value is -3.23. The van der Waals surface area contributed by atoms with E-state index < -0.39 is 5.82 Å². The third-order valence-electron chi connectivity index (χ3n) is 5.99. The van der Waals surface area contributed by atoms with Gasteiger partial charge in [0.1, 0.15) is 16.3 Å². The Morgan fingerprint density at radius 1 is 1.24 bits per heavy atom. The molecule has 2 aromatic carbocycles. The van der Waals surface area contributed by atoms with Crippen molar-refractivity contribution in [2.24, 2.45) is 0 Å². The number of nitrogens with one attached hydrogen (secondary N) is 1. The molecule has 0 spiro atoms. The lowest BCUT2D eigenvalue weighted by Gasteiger charge is -2.34. The van der Waals surface area contributed by atoms with Gasteiger partial charge in [-0.05, 0) is 40.7 Å². The van der Waals surface area contributed by atoms with Crippen molar-refractivity contribution < 1.29 is 9.18 Å². The zero-order valence-electron chi connectivity index (χ0n) is 17.9. The number of hydrogen-bond donors (Lipinski definition) is 1. The Morgan fingerprint density at radius 3 is 2.76 bits per heavy atom. The van der Waals surface area contributed by atoms with Crippen LogP contribution in [-0.2, 0) is 4.79 Å². The Kier molecular flexibility index (Phi) is 5.64. The van der Waals surface area contributed by atoms with Gasteiger partial charge in [-0.3, -0.25) is 4.79 Å². The number of piperazine rings is 1. The fourth-order valence-corrected chi connectivity index (χ4v) is 5.46. The van der Waals surface area contributed by atoms with Crippen molar-refractivity contribution in [3.05, 3.63) is 60.0 Å². The van der Waals surface area contributed by atoms with E-state index >= 15 is 4.39 Å². The van der Waals surface area contributed by atoms with E-state index in [4.69, 9.17) is 11.6 Å². The molecule has 0 aliphatic carbocycles. The van der Waals surface area contributed by atoms with Crippen LogP contribution in [0.5, 0.6) is 0 Å². The van der Waals surface area contributed by atoms with Gasteiger partial charge in [0.15, 0.2) is 5.82 Å². The van der Waals surface area contributed by atoms with Gasteiger partial charge in [0, 0.05) is 55.8 Å². The van der Waals surface area contributed by atoms with Crippen LogP contribution in [0.4, 0.5) is 15.2 Å². The summed E-state index contributed by atoms with van der Waals surface area (Å²) in [5.41, 5.74) is 1.31. The van der Waals surface area contributed by atoms with Crippen molar-refractivity contribution in [2.75, 3.05) is 43.4 Å². The molecule has 2 aromatic heterocycles. The standard InChI is InChI=1S/C24H21ClFN5OS/c1-3-20(32)30-7-9-31(10-8-30)24-16-12-18(25)21(22(26)23(16)29-33-24)15-6-4-5-14-11-19(27-2)28-13-17(14)15/h3-6,11-13H,1,7-10H2,2H3,(H,27,28). The van der Waals surface area contributed by atoms with Crippen LogP contribution in [0.2, 0.25) is 5.02 Å². The van der Waals surface area contributed by atoms with Crippen LogP contribution >= 0.6 is 23.1 Å². The number of carbonyl (C=O) groups excluding carboxylic acids is 1. The molecule has 33 heavy (non-hydrogen) atoms. The second-order valence-corrected chi connectivity index (χ2v) is 8.95. The molecule has 6 nitrogen and oxygen atoms in total. The highest BCUT2D eigenvalue weighted by Gasteiger charge is 2.25. The SMILES string of the molecule is C=CC(=O)N1CCN(c2snc3c(F)c(-c4cccc5cc(NC)ncc45)c(Cl)cc23)CC1. The normalized spacial score (nSPS) is 14.2. The number of hydrogen-bond acceptors (Lipinski definition) is 6. The van der Waals surface area contributed by atoms with Gasteiger partial charge < -0.3 is 15.1 Å². The summed E-state index contributed by atoms with van der Waals surface area (Å²) in [5, 5.41) is 6.65. The Labute approximate surface area is 199 Å². The number of aromatic nitrogens is 2. The zero-order valence-corrected chi connectivity index (χ0v) is 19.5. The summed E-state index contributed by atoms with van der Waals surface area (Å²) in [4.78, 5) is 20.1. The Balaban J connectivity index is 1.56. The fourth-order valence-electron chi connectivity index (χ4n) is 4.26. The molecule has 1 saturated heterocycles. The van der Waals surface area contributed by atoms with Gasteiger partial charge >= 0.3 is 0 Å². The molecule has 0 bridgehead atoms. The van der Waals surface area contributed by atoms with Crippen LogP contribution in [0.15, 0.2) is 49.2 Å². The maximum atomic E-state index is 15.8. The van der Waals surface area contributed by atoms with Crippen LogP contribution < -0.4 is 10.2 Å². The molecule has 0 unspecified atom stereocenters. The third-order valence-corrected chi connectivity index (χ3v) is 7.21. The van der Waals surface area contributed by atoms with Crippen molar-refractivity contribution >= 4 is 61.5 Å². The molecule has 5 rings (SSSR count). The first-order chi connectivity index (χ1) is 16.0. The molecule has 1 fully saturated rings. The van der Waals surface area contributed by atoms with Crippen molar-refractivity contribution in [2.45, 2.75) is 0 Å². The quantitative estimate of drug-likeness (QED) is 0.407. The van der Waals surface area contributed by atoms with E-state index in [-0.39, 0.29) is 5.91 Å². The molecular weight excluding hydrogens is 461 g/mol. The van der Waals surface area contributed by atoms with E-state index in [0.717, 1.165) is 21.6 Å². The maximum absolute atomic E-state index is 15.8. The summed E-state index contributed by atoms with van der Waals surface area (Å²) in [6.45, 7) is 5.99. The molecule has 3 heterocycles. The van der Waals surface area contributed by atoms with E-state index in [1.54, 1.807) is 24.2 Å². The molecule has 1 N–H and O–H groups in total. The van der Waals surface area contributed by atoms with Crippen molar-refractivity contribution in [1.82, 2.24) is 14.3 Å². The predicted molar refractivity (Wildman–Crippen MR) is 134 cm³/mol. The maximum Gasteiger partial charge on any atom is 0.246 e. The lowest BCUT2D eigenvalue weighted by Crippen LogP contribution is -2.48. The number of amides is 1. The monoisotopic (exact) mass is 481 g/mol. The molecule has 168 valence electrons. The molecule has 0 saturated carbocycles. The van der Waals surface area contributed by atoms with Crippen molar-refractivity contribution in [3.8, 4) is 11.1 Å². The number of benzene rings is 2. The molecule has 1 amide bonds. The van der Waals surface area contributed by atoms with Crippen molar-refractivity contribution in [3.63, 3.8) is 0 Å². The molecule has 0 radical (unpaired) electrons. The van der Waals surface area contributed by atoms with E-state index in [1.807, 2.05) is 24.3 Å². The van der Waals surface area contributed by atoms with Gasteiger partial charge in [-0.15, -0.1) is 0 Å². The van der Waals surface area contributed by atoms with E-state index in [1.165, 1.54) is 17.6 Å². The fraction of sp³-hybridized carbons (Fsp3) is 0.208. The second-order valence-electron chi connectivity index (χ2n) is 7.79. The van der Waals surface area contributed by atoms with Crippen LogP contribution in [0.3, 0.4) is 0 Å². The van der Waals surface area contributed by atoms with Crippen LogP contribution in [0.25, 0.3) is 32.8 Å². The Morgan fingerprint density at radius 2 is 2.03 bits per heavy atom. The minimum Gasteiger partial charge on any atom is -0.373 e. The first-order valence-corrected chi connectivity index (χ1v) is 11.7. The van der Waals surface area contributed by atoms with Gasteiger partial charge in [0.2, 0.25) is 5.91 Å². The summed E-state index contributed by atoms with van der Waals surface area (Å²) in [5.74, 6) is 0.223. The van der Waals surface area contributed by atoms with E-state index in [2.05, 4.69) is 26.2 Å². The minimum absolute atomic E-state index is 0.0750. The molecule has 1 aliphatic rings. The highest BCUT2D eigenvalue weighted by molar-refractivity contribution is 7.11. The number of rotatable bonds is 4. The molecule has 9 heteroatoms. The highest BCUT2D eigenvalue weighted by atomic mass is 35.5. The average molecular weight is 482 g/mol. The summed E-state index contributed by atoms with van der Waals surface area (Å²) < 4.78 is 20.3. The Bertz CT molecular complexity index is 1400. The highest BCUT2D eigenvalue weighted by Crippen LogP contribution is 2.42. The van der Waals surface area contributed by atoms with Crippen molar-refractivity contribution in [1.29, 1.82) is 0 Å². The topological polar surface area (TPSA) is 61.4 Å². The van der Waals surface area contributed by atoms with Gasteiger partial charge in [-0.1, -0.05) is 36.4 Å². The van der Waals surface area contributed by atoms with E-state index in [9.17, 15) is 4.79 Å². The molecular formula is C24H21ClFN5OS. The van der Waals surface area contributed by atoms with Gasteiger partial charge in [-0.25, -0.2) is 9.37 Å². The summed E-state index contributed by atoms with van der Waals surface area (Å²) in [6, 6.07) is 9.41. The van der Waals surface area contributed by atoms with Gasteiger partial charge in [0.05, 0.1) is 5.02 Å². The molecule has 4 aromatic rings. The average Bonchev–Trinajstić information content (AvgIpc) is 3.27. The lowest BCUT2D eigenvalue weighted by atomic mass is 9.98. The first-order valence-electron chi connectivity index (χ1n) is 10.5. The van der Waals surface area contributed by atoms with Gasteiger partial charge in [0.25, 0.3) is 0 Å². The summed E-state index contributed by atoms with van der Waals surface area (Å²) in [7, 11) is 1.81. The first kappa shape index (κ1) is 21.6. The molecule has 1 aliphatic heterocycles. The lowest BCUT2D eigenvalue weighted by molar-refractivity contribution is -0.126. The predicted octanol–water partition coefficient (Wildman–Crippen LogP) is 5.18. The summed E-state index contributed by atoms with van der Waals surface area (Å²) in [6.07, 6.45) is 3.06.